The predicted molar refractivity (Wildman–Crippen MR) is 41.3 cm³/mol. The lowest BCUT2D eigenvalue weighted by Crippen LogP contribution is -2.11. The van der Waals surface area contributed by atoms with E-state index in [0.29, 0.717) is 6.42 Å². The Morgan fingerprint density at radius 2 is 2.31 bits per heavy atom. The van der Waals surface area contributed by atoms with Crippen LogP contribution in [0.2, 0.25) is 0 Å². The maximum atomic E-state index is 12.4. The van der Waals surface area contributed by atoms with Gasteiger partial charge in [0.1, 0.15) is 0 Å². The van der Waals surface area contributed by atoms with Crippen molar-refractivity contribution in [1.82, 2.24) is 10.1 Å². The number of hydrogen-bond donors (Lipinski definition) is 1. The number of alkyl halides is 3. The summed E-state index contributed by atoms with van der Waals surface area (Å²) in [5.74, 6) is -0.883. The van der Waals surface area contributed by atoms with Gasteiger partial charge in [0.25, 0.3) is 0 Å². The summed E-state index contributed by atoms with van der Waals surface area (Å²) in [4.78, 5) is 3.37. The molecule has 0 amide bonds. The normalized spacial score (nSPS) is 14.5. The van der Waals surface area contributed by atoms with Crippen LogP contribution in [-0.2, 0) is 5.38 Å². The number of halogens is 3. The van der Waals surface area contributed by atoms with E-state index in [1.807, 2.05) is 0 Å². The van der Waals surface area contributed by atoms with Crippen LogP contribution in [0, 0.1) is 0 Å². The lowest BCUT2D eigenvalue weighted by atomic mass is 10.2. The Labute approximate surface area is 78.1 Å². The number of hydrogen-bond acceptors (Lipinski definition) is 4. The van der Waals surface area contributed by atoms with E-state index in [-0.39, 0.29) is 5.82 Å². The molecule has 1 unspecified atom stereocenters. The molecule has 0 saturated heterocycles. The summed E-state index contributed by atoms with van der Waals surface area (Å²) in [6.45, 7) is 1.78. The van der Waals surface area contributed by atoms with Gasteiger partial charge in [0.05, 0.1) is 6.04 Å². The molecule has 0 aromatic carbocycles. The van der Waals surface area contributed by atoms with Crippen LogP contribution in [0.15, 0.2) is 4.52 Å². The third-order valence-electron chi connectivity index (χ3n) is 1.46. The van der Waals surface area contributed by atoms with Crippen LogP contribution >= 0.6 is 11.6 Å². The van der Waals surface area contributed by atoms with E-state index in [2.05, 4.69) is 26.3 Å². The van der Waals surface area contributed by atoms with Gasteiger partial charge in [-0.1, -0.05) is 12.1 Å². The van der Waals surface area contributed by atoms with Crippen LogP contribution in [0.25, 0.3) is 0 Å². The Morgan fingerprint density at radius 3 is 2.69 bits per heavy atom. The SMILES string of the molecule is CCC(N)c1noc(C(F)(F)Cl)n1. The van der Waals surface area contributed by atoms with Crippen molar-refractivity contribution in [2.75, 3.05) is 0 Å². The molecule has 0 saturated carbocycles. The molecule has 1 rings (SSSR count). The van der Waals surface area contributed by atoms with E-state index in [0.717, 1.165) is 0 Å². The van der Waals surface area contributed by atoms with E-state index in [1.54, 1.807) is 6.92 Å². The second-order valence-corrected chi connectivity index (χ2v) is 2.94. The smallest absolute Gasteiger partial charge is 0.331 e. The van der Waals surface area contributed by atoms with Gasteiger partial charge in [-0.05, 0) is 18.0 Å². The van der Waals surface area contributed by atoms with Gasteiger partial charge in [0, 0.05) is 0 Å². The lowest BCUT2D eigenvalue weighted by Gasteiger charge is -2.00. The monoisotopic (exact) mass is 211 g/mol. The molecule has 0 fully saturated rings. The Morgan fingerprint density at radius 1 is 1.69 bits per heavy atom. The third kappa shape index (κ3) is 2.35. The van der Waals surface area contributed by atoms with Gasteiger partial charge in [0.2, 0.25) is 0 Å². The zero-order chi connectivity index (χ0) is 10.1. The van der Waals surface area contributed by atoms with Gasteiger partial charge in [-0.25, -0.2) is 0 Å². The minimum absolute atomic E-state index is 0.0397. The van der Waals surface area contributed by atoms with Gasteiger partial charge < -0.3 is 10.3 Å². The minimum Gasteiger partial charge on any atom is -0.331 e. The number of aromatic nitrogens is 2. The molecule has 1 aromatic heterocycles. The number of rotatable bonds is 3. The van der Waals surface area contributed by atoms with Gasteiger partial charge >= 0.3 is 11.3 Å². The van der Waals surface area contributed by atoms with Crippen LogP contribution in [0.4, 0.5) is 8.78 Å². The molecule has 0 aliphatic rings. The number of nitrogens with zero attached hydrogens (tertiary/aromatic N) is 2. The zero-order valence-corrected chi connectivity index (χ0v) is 7.55. The number of nitrogens with two attached hydrogens (primary N) is 1. The third-order valence-corrected chi connectivity index (χ3v) is 1.62. The Kier molecular flexibility index (Phi) is 2.82. The largest absolute Gasteiger partial charge is 0.400 e. The Bertz CT molecular complexity index is 286. The van der Waals surface area contributed by atoms with Crippen molar-refractivity contribution in [1.29, 1.82) is 0 Å². The van der Waals surface area contributed by atoms with Crippen LogP contribution in [0.3, 0.4) is 0 Å². The average Bonchev–Trinajstić information content (AvgIpc) is 2.50. The van der Waals surface area contributed by atoms with Gasteiger partial charge in [0.15, 0.2) is 5.82 Å². The summed E-state index contributed by atoms with van der Waals surface area (Å²) in [6, 6.07) is -0.503. The summed E-state index contributed by atoms with van der Waals surface area (Å²) in [5, 5.41) is -0.348. The average molecular weight is 212 g/mol. The van der Waals surface area contributed by atoms with Crippen LogP contribution in [0.5, 0.6) is 0 Å². The van der Waals surface area contributed by atoms with Crippen LogP contribution < -0.4 is 5.73 Å². The fourth-order valence-electron chi connectivity index (χ4n) is 0.683. The van der Waals surface area contributed by atoms with Crippen LogP contribution in [0.1, 0.15) is 31.1 Å². The molecule has 1 heterocycles. The highest BCUT2D eigenvalue weighted by atomic mass is 35.5. The quantitative estimate of drug-likeness (QED) is 0.774. The van der Waals surface area contributed by atoms with Crippen molar-refractivity contribution in [3.63, 3.8) is 0 Å². The maximum absolute atomic E-state index is 12.4. The van der Waals surface area contributed by atoms with E-state index >= 15 is 0 Å². The van der Waals surface area contributed by atoms with E-state index in [4.69, 9.17) is 5.73 Å². The zero-order valence-electron chi connectivity index (χ0n) is 6.80. The molecule has 0 bridgehead atoms. The summed E-state index contributed by atoms with van der Waals surface area (Å²) >= 11 is 4.65. The van der Waals surface area contributed by atoms with Crippen molar-refractivity contribution in [2.45, 2.75) is 24.8 Å². The first-order valence-corrected chi connectivity index (χ1v) is 3.99. The molecule has 1 atom stereocenters. The lowest BCUT2D eigenvalue weighted by molar-refractivity contribution is 0.0550. The van der Waals surface area contributed by atoms with Crippen molar-refractivity contribution in [2.24, 2.45) is 5.73 Å². The van der Waals surface area contributed by atoms with Crippen molar-refractivity contribution < 1.29 is 13.3 Å². The fourth-order valence-corrected chi connectivity index (χ4v) is 0.760. The molecular weight excluding hydrogens is 204 g/mol. The second-order valence-electron chi connectivity index (χ2n) is 2.47. The molecule has 0 aliphatic carbocycles. The van der Waals surface area contributed by atoms with E-state index in [9.17, 15) is 8.78 Å². The highest BCUT2D eigenvalue weighted by Gasteiger charge is 2.36. The molecule has 0 aliphatic heterocycles. The maximum Gasteiger partial charge on any atom is 0.400 e. The van der Waals surface area contributed by atoms with Gasteiger partial charge in [-0.2, -0.15) is 13.8 Å². The first-order valence-electron chi connectivity index (χ1n) is 3.61. The standard InChI is InChI=1S/C6H8ClF2N3O/c1-2-3(10)4-11-5(13-12-4)6(7,8)9/h3H,2,10H2,1H3. The molecule has 1 aromatic rings. The van der Waals surface area contributed by atoms with E-state index in [1.165, 1.54) is 0 Å². The van der Waals surface area contributed by atoms with E-state index < -0.39 is 17.3 Å². The molecule has 2 N–H and O–H groups in total. The molecule has 74 valence electrons. The highest BCUT2D eigenvalue weighted by Crippen LogP contribution is 2.31. The van der Waals surface area contributed by atoms with Gasteiger partial charge in [-0.15, -0.1) is 0 Å². The summed E-state index contributed by atoms with van der Waals surface area (Å²) in [5.41, 5.74) is 5.48. The Hall–Kier alpha value is -0.750. The van der Waals surface area contributed by atoms with Crippen molar-refractivity contribution in [3.8, 4) is 0 Å². The Balaban J connectivity index is 2.87. The van der Waals surface area contributed by atoms with Crippen molar-refractivity contribution >= 4 is 11.6 Å². The first kappa shape index (κ1) is 10.3. The molecule has 0 spiro atoms. The molecule has 13 heavy (non-hydrogen) atoms. The van der Waals surface area contributed by atoms with Crippen LogP contribution in [-0.4, -0.2) is 10.1 Å². The van der Waals surface area contributed by atoms with Crippen molar-refractivity contribution in [3.05, 3.63) is 11.7 Å². The molecule has 4 nitrogen and oxygen atoms in total. The minimum atomic E-state index is -3.63. The van der Waals surface area contributed by atoms with Gasteiger partial charge in [-0.3, -0.25) is 0 Å². The summed E-state index contributed by atoms with van der Waals surface area (Å²) in [6.07, 6.45) is 0.535. The topological polar surface area (TPSA) is 64.9 Å². The second kappa shape index (κ2) is 3.55. The fraction of sp³-hybridized carbons (Fsp3) is 0.667. The summed E-state index contributed by atoms with van der Waals surface area (Å²) < 4.78 is 29.0. The molecule has 7 heteroatoms. The molecule has 0 radical (unpaired) electrons. The molecular formula is C6H8ClF2N3O. The highest BCUT2D eigenvalue weighted by molar-refractivity contribution is 6.21. The summed E-state index contributed by atoms with van der Waals surface area (Å²) in [7, 11) is 0. The first-order chi connectivity index (χ1) is 5.95. The predicted octanol–water partition coefficient (Wildman–Crippen LogP) is 1.77.